The first-order chi connectivity index (χ1) is 23.6. The van der Waals surface area contributed by atoms with Gasteiger partial charge in [0, 0.05) is 23.8 Å². The van der Waals surface area contributed by atoms with Crippen LogP contribution in [-0.4, -0.2) is 38.8 Å². The van der Waals surface area contributed by atoms with Crippen LogP contribution < -0.4 is 19.5 Å². The lowest BCUT2D eigenvalue weighted by Gasteiger charge is -2.31. The summed E-state index contributed by atoms with van der Waals surface area (Å²) >= 11 is 6.11. The minimum absolute atomic E-state index is 0.0578. The maximum absolute atomic E-state index is 14.0. The highest BCUT2D eigenvalue weighted by Gasteiger charge is 2.32. The Morgan fingerprint density at radius 3 is 2.04 bits per heavy atom. The molecule has 5 aromatic carbocycles. The zero-order chi connectivity index (χ0) is 34.8. The van der Waals surface area contributed by atoms with E-state index in [1.807, 2.05) is 18.2 Å². The van der Waals surface area contributed by atoms with E-state index in [4.69, 9.17) is 21.1 Å². The van der Waals surface area contributed by atoms with Crippen LogP contribution in [0.5, 0.6) is 11.5 Å². The lowest BCUT2D eigenvalue weighted by molar-refractivity contribution is -0.143. The number of carbonyl (C=O) groups excluding carboxylic acids is 2. The number of amides is 2. The molecule has 0 saturated heterocycles. The van der Waals surface area contributed by atoms with Gasteiger partial charge in [-0.25, -0.2) is 12.8 Å². The zero-order valence-electron chi connectivity index (χ0n) is 26.4. The Morgan fingerprint density at radius 1 is 0.796 bits per heavy atom. The molecule has 0 unspecified atom stereocenters. The Bertz CT molecular complexity index is 1960. The highest BCUT2D eigenvalue weighted by molar-refractivity contribution is 7.92. The number of ether oxygens (including phenoxy) is 2. The predicted molar refractivity (Wildman–Crippen MR) is 185 cm³/mol. The van der Waals surface area contributed by atoms with Gasteiger partial charge in [0.25, 0.3) is 15.9 Å². The molecule has 2 N–H and O–H groups in total. The van der Waals surface area contributed by atoms with E-state index in [1.54, 1.807) is 67.8 Å². The van der Waals surface area contributed by atoms with Gasteiger partial charge in [-0.15, -0.1) is 0 Å². The largest absolute Gasteiger partial charge is 0.497 e. The Balaban J connectivity index is 1.35. The molecule has 5 rings (SSSR count). The number of benzene rings is 5. The van der Waals surface area contributed by atoms with Crippen LogP contribution >= 0.6 is 11.6 Å². The Hall–Kier alpha value is -5.39. The van der Waals surface area contributed by atoms with Crippen LogP contribution in [0.2, 0.25) is 5.02 Å². The first-order valence-electron chi connectivity index (χ1n) is 15.1. The van der Waals surface area contributed by atoms with Gasteiger partial charge in [0.1, 0.15) is 23.4 Å². The van der Waals surface area contributed by atoms with Crippen LogP contribution in [-0.2, 0) is 32.7 Å². The molecule has 5 aromatic rings. The zero-order valence-corrected chi connectivity index (χ0v) is 28.0. The molecule has 49 heavy (non-hydrogen) atoms. The SMILES string of the molecule is COc1ccc(CNC(=O)[C@@H](c2ccccc2)N(Cc2ccc(Cl)cc2)C(=O)COc2ccc(S(=O)(=O)Nc3ccc(F)cc3)cc2)cc1. The highest BCUT2D eigenvalue weighted by atomic mass is 35.5. The van der Waals surface area contributed by atoms with Gasteiger partial charge in [-0.3, -0.25) is 14.3 Å². The molecule has 12 heteroatoms. The fourth-order valence-corrected chi connectivity index (χ4v) is 6.11. The molecule has 0 aliphatic rings. The van der Waals surface area contributed by atoms with Crippen molar-refractivity contribution in [2.75, 3.05) is 18.4 Å². The molecule has 0 aliphatic heterocycles. The lowest BCUT2D eigenvalue weighted by Crippen LogP contribution is -2.45. The molecule has 0 aliphatic carbocycles. The molecule has 0 radical (unpaired) electrons. The standard InChI is InChI=1S/C37H33ClFN3O6S/c1-47-32-17-9-26(10-18-32)23-40-37(44)36(28-5-3-2-4-6-28)42(24-27-7-11-29(38)12-8-27)35(43)25-48-33-19-21-34(22-20-33)49(45,46)41-31-15-13-30(39)14-16-31/h2-22,36,41H,23-25H2,1H3,(H,40,44)/t36-/m1/s1. The van der Waals surface area contributed by atoms with E-state index in [2.05, 4.69) is 10.0 Å². The summed E-state index contributed by atoms with van der Waals surface area (Å²) in [6.07, 6.45) is 0. The van der Waals surface area contributed by atoms with Crippen molar-refractivity contribution in [3.8, 4) is 11.5 Å². The van der Waals surface area contributed by atoms with Gasteiger partial charge < -0.3 is 19.7 Å². The number of methoxy groups -OCH3 is 1. The van der Waals surface area contributed by atoms with E-state index < -0.39 is 40.3 Å². The second-order valence-corrected chi connectivity index (χ2v) is 13.0. The fraction of sp³-hybridized carbons (Fsp3) is 0.135. The maximum Gasteiger partial charge on any atom is 0.261 e. The molecule has 0 heterocycles. The third-order valence-corrected chi connectivity index (χ3v) is 9.13. The summed E-state index contributed by atoms with van der Waals surface area (Å²) in [7, 11) is -2.39. The van der Waals surface area contributed by atoms with Crippen LogP contribution in [0.1, 0.15) is 22.7 Å². The van der Waals surface area contributed by atoms with E-state index in [9.17, 15) is 22.4 Å². The van der Waals surface area contributed by atoms with Crippen molar-refractivity contribution >= 4 is 39.1 Å². The first-order valence-corrected chi connectivity index (χ1v) is 17.0. The van der Waals surface area contributed by atoms with E-state index in [0.717, 1.165) is 23.3 Å². The summed E-state index contributed by atoms with van der Waals surface area (Å²) in [5.41, 5.74) is 2.39. The van der Waals surface area contributed by atoms with Crippen LogP contribution in [0.3, 0.4) is 0 Å². The molecular formula is C37H33ClFN3O6S. The van der Waals surface area contributed by atoms with E-state index >= 15 is 0 Å². The molecule has 0 spiro atoms. The normalized spacial score (nSPS) is 11.7. The van der Waals surface area contributed by atoms with Crippen molar-refractivity contribution in [1.82, 2.24) is 10.2 Å². The van der Waals surface area contributed by atoms with E-state index in [0.29, 0.717) is 16.3 Å². The quantitative estimate of drug-likeness (QED) is 0.132. The topological polar surface area (TPSA) is 114 Å². The minimum Gasteiger partial charge on any atom is -0.497 e. The van der Waals surface area contributed by atoms with Crippen molar-refractivity contribution in [1.29, 1.82) is 0 Å². The number of hydrogen-bond acceptors (Lipinski definition) is 6. The Kier molecular flexibility index (Phi) is 11.5. The number of halogens is 2. The summed E-state index contributed by atoms with van der Waals surface area (Å²) < 4.78 is 52.3. The highest BCUT2D eigenvalue weighted by Crippen LogP contribution is 2.26. The Morgan fingerprint density at radius 2 is 1.41 bits per heavy atom. The molecule has 0 fully saturated rings. The van der Waals surface area contributed by atoms with Crippen LogP contribution in [0.25, 0.3) is 0 Å². The van der Waals surface area contributed by atoms with Crippen LogP contribution in [0.15, 0.2) is 132 Å². The summed E-state index contributed by atoms with van der Waals surface area (Å²) in [5.74, 6) is -0.448. The first kappa shape index (κ1) is 34.9. The fourth-order valence-electron chi connectivity index (χ4n) is 4.92. The lowest BCUT2D eigenvalue weighted by atomic mass is 10.0. The number of nitrogens with zero attached hydrogens (tertiary/aromatic N) is 1. The van der Waals surface area contributed by atoms with Gasteiger partial charge in [0.2, 0.25) is 5.91 Å². The summed E-state index contributed by atoms with van der Waals surface area (Å²) in [6, 6.07) is 32.6. The molecule has 9 nitrogen and oxygen atoms in total. The van der Waals surface area contributed by atoms with Gasteiger partial charge in [-0.2, -0.15) is 0 Å². The monoisotopic (exact) mass is 701 g/mol. The molecule has 0 aromatic heterocycles. The maximum atomic E-state index is 14.0. The molecule has 2 amide bonds. The van der Waals surface area contributed by atoms with Crippen molar-refractivity contribution in [2.24, 2.45) is 0 Å². The summed E-state index contributed by atoms with van der Waals surface area (Å²) in [4.78, 5) is 29.2. The number of rotatable bonds is 14. The van der Waals surface area contributed by atoms with Crippen molar-refractivity contribution in [2.45, 2.75) is 24.0 Å². The van der Waals surface area contributed by atoms with Crippen molar-refractivity contribution in [3.05, 3.63) is 155 Å². The summed E-state index contributed by atoms with van der Waals surface area (Å²) in [5, 5.41) is 3.49. The van der Waals surface area contributed by atoms with Gasteiger partial charge in [-0.05, 0) is 89.5 Å². The van der Waals surface area contributed by atoms with Crippen molar-refractivity contribution < 1.29 is 31.9 Å². The van der Waals surface area contributed by atoms with Crippen molar-refractivity contribution in [3.63, 3.8) is 0 Å². The molecule has 1 atom stereocenters. The third kappa shape index (κ3) is 9.59. The van der Waals surface area contributed by atoms with E-state index in [1.165, 1.54) is 41.3 Å². The van der Waals surface area contributed by atoms with Crippen LogP contribution in [0.4, 0.5) is 10.1 Å². The van der Waals surface area contributed by atoms with Gasteiger partial charge >= 0.3 is 0 Å². The number of sulfonamides is 1. The van der Waals surface area contributed by atoms with Gasteiger partial charge in [0.05, 0.1) is 12.0 Å². The average molecular weight is 702 g/mol. The number of carbonyl (C=O) groups is 2. The average Bonchev–Trinajstić information content (AvgIpc) is 3.12. The molecule has 252 valence electrons. The number of anilines is 1. The predicted octanol–water partition coefficient (Wildman–Crippen LogP) is 6.75. The summed E-state index contributed by atoms with van der Waals surface area (Å²) in [6.45, 7) is -0.152. The van der Waals surface area contributed by atoms with Gasteiger partial charge in [-0.1, -0.05) is 66.2 Å². The molecule has 0 saturated carbocycles. The van der Waals surface area contributed by atoms with Crippen LogP contribution in [0, 0.1) is 5.82 Å². The molecular weight excluding hydrogens is 669 g/mol. The second kappa shape index (κ2) is 16.1. The van der Waals surface area contributed by atoms with E-state index in [-0.39, 0.29) is 29.4 Å². The minimum atomic E-state index is -3.97. The Labute approximate surface area is 289 Å². The number of hydrogen-bond donors (Lipinski definition) is 2. The molecule has 0 bridgehead atoms. The third-order valence-electron chi connectivity index (χ3n) is 7.48. The second-order valence-electron chi connectivity index (χ2n) is 10.9. The van der Waals surface area contributed by atoms with Gasteiger partial charge in [0.15, 0.2) is 6.61 Å². The smallest absolute Gasteiger partial charge is 0.261 e. The number of nitrogens with one attached hydrogen (secondary N) is 2.